The molecule has 0 aliphatic carbocycles. The van der Waals surface area contributed by atoms with Crippen molar-refractivity contribution >= 4 is 93.8 Å². The van der Waals surface area contributed by atoms with Gasteiger partial charge in [-0.2, -0.15) is 0 Å². The normalized spacial score (nSPS) is 11.9. The highest BCUT2D eigenvalue weighted by Gasteiger charge is 2.29. The fraction of sp³-hybridized carbons (Fsp3) is 0.390. The van der Waals surface area contributed by atoms with Crippen LogP contribution in [-0.4, -0.2) is 159 Å². The minimum Gasteiger partial charge on any atom is -0.507 e. The monoisotopic (exact) mass is 1290 g/mol. The van der Waals surface area contributed by atoms with E-state index in [1.54, 1.807) is 0 Å². The average Bonchev–Trinajstić information content (AvgIpc) is 0.941. The zero-order valence-corrected chi connectivity index (χ0v) is 51.7. The molecule has 0 fully saturated rings. The molecule has 4 aromatic carbocycles. The van der Waals surface area contributed by atoms with Gasteiger partial charge >= 0.3 is 0 Å². The molecule has 0 spiro atoms. The van der Waals surface area contributed by atoms with Crippen molar-refractivity contribution in [3.8, 4) is 23.0 Å². The molecule has 4 aromatic rings. The maximum Gasteiger partial charge on any atom is 0.255 e. The molecule has 4 atom stereocenters. The van der Waals surface area contributed by atoms with Crippen molar-refractivity contribution in [3.63, 3.8) is 0 Å². The van der Waals surface area contributed by atoms with Crippen molar-refractivity contribution in [2.75, 3.05) is 74.8 Å². The third-order valence-electron chi connectivity index (χ3n) is 13.8. The number of phenols is 2. The molecule has 0 aliphatic heterocycles. The molecule has 34 heteroatoms. The number of anilines is 4. The zero-order chi connectivity index (χ0) is 68.6. The Morgan fingerprint density at radius 3 is 1.08 bits per heavy atom. The number of phenolic OH excluding ortho intramolecular Hbond substituents is 2. The number of carbonyl (C=O) groups is 8. The Kier molecular flexibility index (Phi) is 30.7. The summed E-state index contributed by atoms with van der Waals surface area (Å²) < 4.78 is 10.9. The van der Waals surface area contributed by atoms with Gasteiger partial charge in [0.05, 0.1) is 42.5 Å². The summed E-state index contributed by atoms with van der Waals surface area (Å²) in [6.45, 7) is 1.54. The van der Waals surface area contributed by atoms with Crippen molar-refractivity contribution in [2.24, 2.45) is 34.4 Å². The number of nitrogens with two attached hydrogens (primary N) is 6. The van der Waals surface area contributed by atoms with Crippen LogP contribution in [0, 0.1) is 21.6 Å². The van der Waals surface area contributed by atoms with E-state index < -0.39 is 88.5 Å². The number of rotatable bonds is 38. The van der Waals surface area contributed by atoms with Gasteiger partial charge in [0.2, 0.25) is 23.6 Å². The van der Waals surface area contributed by atoms with Crippen LogP contribution in [0.2, 0.25) is 0 Å². The van der Waals surface area contributed by atoms with E-state index >= 15 is 0 Å². The van der Waals surface area contributed by atoms with Gasteiger partial charge in [0.15, 0.2) is 23.8 Å². The number of methoxy groups -OCH3 is 2. The molecule has 504 valence electrons. The first-order valence-electron chi connectivity index (χ1n) is 29.6. The molecule has 0 aliphatic rings. The van der Waals surface area contributed by atoms with Crippen LogP contribution in [0.25, 0.3) is 0 Å². The number of aromatic hydroxyl groups is 2. The topological polar surface area (TPSA) is 591 Å². The number of unbranched alkanes of at least 4 members (excludes halogenated alkanes) is 2. The lowest BCUT2D eigenvalue weighted by atomic mass is 10.1. The highest BCUT2D eigenvalue weighted by molar-refractivity contribution is 6.08. The number of nitrogens with one attached hydrogen (secondary N) is 16. The lowest BCUT2D eigenvalue weighted by Crippen LogP contribution is -2.45. The lowest BCUT2D eigenvalue weighted by molar-refractivity contribution is -0.118. The maximum absolute atomic E-state index is 14.3. The van der Waals surface area contributed by atoms with E-state index in [1.807, 2.05) is 0 Å². The third-order valence-corrected chi connectivity index (χ3v) is 13.8. The second-order valence-electron chi connectivity index (χ2n) is 21.0. The molecule has 30 N–H and O–H groups in total. The van der Waals surface area contributed by atoms with Crippen LogP contribution in [0.4, 0.5) is 22.7 Å². The summed E-state index contributed by atoms with van der Waals surface area (Å²) in [6, 6.07) is 10.6. The van der Waals surface area contributed by atoms with E-state index in [9.17, 15) is 48.6 Å². The first kappa shape index (κ1) is 74.3. The number of benzene rings is 4. The summed E-state index contributed by atoms with van der Waals surface area (Å²) in [5, 5.41) is 83.5. The average molecular weight is 1300 g/mol. The second kappa shape index (κ2) is 38.4. The molecule has 93 heavy (non-hydrogen) atoms. The molecular weight excluding hydrogens is 1210 g/mol. The maximum atomic E-state index is 14.3. The number of hydrogen-bond donors (Lipinski definition) is 24. The summed E-state index contributed by atoms with van der Waals surface area (Å²) in [6.07, 6.45) is 3.31. The fourth-order valence-corrected chi connectivity index (χ4v) is 8.96. The number of carbonyl (C=O) groups excluding carboxylic acids is 8. The molecule has 0 aromatic heterocycles. The number of amides is 8. The minimum atomic E-state index is -1.39. The molecule has 0 bridgehead atoms. The number of hydrogen-bond acceptors (Lipinski definition) is 18. The SMILES string of the molecule is COc1ccc(NC(=O)[C@@H](CCCNC(=N)N)NC(=O)c2cc(NC(=O)[C@@H](CCCNC(=N)N)NC(=O)c3cc(NC(=O)[C@@H](CCCNC(=N)N)NC(=O)c4cc(NC(=O)[C@H](N)CCCNC(=N)N)ccc4O)ccc3O)ccc2OC)cc1C(=O)NCCCCCN. The highest BCUT2D eigenvalue weighted by atomic mass is 16.5. The molecule has 0 unspecified atom stereocenters. The fourth-order valence-electron chi connectivity index (χ4n) is 8.96. The molecule has 0 saturated carbocycles. The smallest absolute Gasteiger partial charge is 0.255 e. The minimum absolute atomic E-state index is 0.0162. The van der Waals surface area contributed by atoms with Gasteiger partial charge in [-0.15, -0.1) is 0 Å². The molecule has 4 rings (SSSR count). The van der Waals surface area contributed by atoms with Gasteiger partial charge in [-0.1, -0.05) is 6.42 Å². The van der Waals surface area contributed by atoms with Crippen molar-refractivity contribution in [1.82, 2.24) is 42.5 Å². The largest absolute Gasteiger partial charge is 0.507 e. The van der Waals surface area contributed by atoms with Crippen LogP contribution < -0.4 is 108 Å². The molecule has 8 amide bonds. The van der Waals surface area contributed by atoms with E-state index in [0.717, 1.165) is 31.0 Å². The van der Waals surface area contributed by atoms with Gasteiger partial charge in [-0.3, -0.25) is 60.0 Å². The van der Waals surface area contributed by atoms with E-state index in [0.29, 0.717) is 32.5 Å². The molecule has 34 nitrogen and oxygen atoms in total. The first-order valence-corrected chi connectivity index (χ1v) is 29.6. The van der Waals surface area contributed by atoms with E-state index in [4.69, 9.17) is 65.5 Å². The van der Waals surface area contributed by atoms with Crippen LogP contribution in [-0.2, 0) is 19.2 Å². The van der Waals surface area contributed by atoms with Gasteiger partial charge in [0.25, 0.3) is 23.6 Å². The van der Waals surface area contributed by atoms with Crippen LogP contribution in [0.5, 0.6) is 23.0 Å². The first-order chi connectivity index (χ1) is 44.3. The summed E-state index contributed by atoms with van der Waals surface area (Å²) in [5.41, 5.74) is 32.8. The molecule has 0 heterocycles. The predicted octanol–water partition coefficient (Wildman–Crippen LogP) is -0.496. The van der Waals surface area contributed by atoms with Gasteiger partial charge < -0.3 is 118 Å². The van der Waals surface area contributed by atoms with E-state index in [2.05, 4.69) is 63.8 Å². The van der Waals surface area contributed by atoms with E-state index in [1.165, 1.54) is 68.8 Å². The summed E-state index contributed by atoms with van der Waals surface area (Å²) in [7, 11) is 2.69. The second-order valence-corrected chi connectivity index (χ2v) is 21.0. The van der Waals surface area contributed by atoms with Gasteiger partial charge in [0, 0.05) is 55.5 Å². The quantitative estimate of drug-likeness (QED) is 0.0116. The van der Waals surface area contributed by atoms with Crippen molar-refractivity contribution in [1.29, 1.82) is 21.6 Å². The van der Waals surface area contributed by atoms with Crippen molar-refractivity contribution < 1.29 is 58.0 Å². The van der Waals surface area contributed by atoms with Gasteiger partial charge in [0.1, 0.15) is 41.1 Å². The van der Waals surface area contributed by atoms with Crippen LogP contribution in [0.3, 0.4) is 0 Å². The van der Waals surface area contributed by atoms with Crippen LogP contribution >= 0.6 is 0 Å². The van der Waals surface area contributed by atoms with Gasteiger partial charge in [-0.05, 0) is 144 Å². The molecule has 0 radical (unpaired) electrons. The number of guanidine groups is 4. The predicted molar refractivity (Wildman–Crippen MR) is 350 cm³/mol. The van der Waals surface area contributed by atoms with Gasteiger partial charge in [-0.25, -0.2) is 0 Å². The highest BCUT2D eigenvalue weighted by Crippen LogP contribution is 2.28. The molecule has 0 saturated heterocycles. The summed E-state index contributed by atoms with van der Waals surface area (Å²) in [5.74, 6) is -8.25. The molecular formula is C59H86N22O12. The third kappa shape index (κ3) is 25.7. The van der Waals surface area contributed by atoms with Crippen LogP contribution in [0.1, 0.15) is 112 Å². The summed E-state index contributed by atoms with van der Waals surface area (Å²) >= 11 is 0. The Bertz CT molecular complexity index is 3310. The Labute approximate surface area is 536 Å². The number of ether oxygens (including phenoxy) is 2. The van der Waals surface area contributed by atoms with Crippen LogP contribution in [0.15, 0.2) is 72.8 Å². The Balaban J connectivity index is 1.56. The van der Waals surface area contributed by atoms with E-state index in [-0.39, 0.29) is 139 Å². The standard InChI is InChI=1S/C59H86N22O12/c1-92-46-20-16-34(30-38(46)48(84)70-23-5-3-4-22-60)77-55(91)43(13-9-27-74-59(68)69)81-51(87)39-31-35(17-21-47(39)93-2)78-54(90)42(12-8-26-73-58(66)67)80-50(86)37-29-33(15-19-45(37)83)76-53(89)41(11-7-25-72-57(64)65)79-49(85)36-28-32(14-18-44(36)82)75-52(88)40(61)10-6-24-71-56(62)63/h14-21,28-31,40-43,82-83H,3-13,22-27,60-61H2,1-2H3,(H,70,84)(H,75,88)(H,76,89)(H,77,91)(H,78,90)(H,79,85)(H,80,86)(H,81,87)(H4,62,63,71)(H4,64,65,72)(H4,66,67,73)(H4,68,69,74)/t40-,41-,42-,43-/m1/s1. The van der Waals surface area contributed by atoms with Crippen molar-refractivity contribution in [2.45, 2.75) is 94.8 Å². The van der Waals surface area contributed by atoms with Crippen molar-refractivity contribution in [3.05, 3.63) is 95.1 Å². The summed E-state index contributed by atoms with van der Waals surface area (Å²) in [4.78, 5) is 111. The zero-order valence-electron chi connectivity index (χ0n) is 51.7. The lowest BCUT2D eigenvalue weighted by Gasteiger charge is -2.21. The Morgan fingerprint density at radius 1 is 0.409 bits per heavy atom. The Hall–Kier alpha value is -11.2. The Morgan fingerprint density at radius 2 is 0.720 bits per heavy atom.